The lowest BCUT2D eigenvalue weighted by Crippen LogP contribution is -2.30. The van der Waals surface area contributed by atoms with Crippen molar-refractivity contribution in [1.29, 1.82) is 0 Å². The molecule has 0 atom stereocenters. The third-order valence-electron chi connectivity index (χ3n) is 3.67. The second-order valence-corrected chi connectivity index (χ2v) is 7.85. The van der Waals surface area contributed by atoms with E-state index in [1.165, 1.54) is 36.4 Å². The maximum atomic E-state index is 13.7. The molecule has 0 fully saturated rings. The molecule has 1 aromatic heterocycles. The van der Waals surface area contributed by atoms with Gasteiger partial charge in [-0.15, -0.1) is 0 Å². The quantitative estimate of drug-likeness (QED) is 0.639. The SMILES string of the molecule is CC(C)NS(=O)(=O)c1ccc(NC(=O)c2cc3c(F)cccc3[nH]2)cc1. The van der Waals surface area contributed by atoms with Gasteiger partial charge in [0.2, 0.25) is 10.0 Å². The summed E-state index contributed by atoms with van der Waals surface area (Å²) in [6.07, 6.45) is 0. The van der Waals surface area contributed by atoms with Crippen molar-refractivity contribution in [1.82, 2.24) is 9.71 Å². The monoisotopic (exact) mass is 375 g/mol. The van der Waals surface area contributed by atoms with Gasteiger partial charge in [-0.2, -0.15) is 0 Å². The van der Waals surface area contributed by atoms with Crippen LogP contribution in [0.2, 0.25) is 0 Å². The van der Waals surface area contributed by atoms with Crippen LogP contribution in [-0.4, -0.2) is 25.4 Å². The normalized spacial score (nSPS) is 11.8. The molecule has 136 valence electrons. The summed E-state index contributed by atoms with van der Waals surface area (Å²) in [7, 11) is -3.59. The Bertz CT molecular complexity index is 1060. The fourth-order valence-electron chi connectivity index (χ4n) is 2.53. The smallest absolute Gasteiger partial charge is 0.272 e. The highest BCUT2D eigenvalue weighted by atomic mass is 32.2. The first-order chi connectivity index (χ1) is 12.3. The van der Waals surface area contributed by atoms with E-state index >= 15 is 0 Å². The van der Waals surface area contributed by atoms with Gasteiger partial charge >= 0.3 is 0 Å². The fraction of sp³-hybridized carbons (Fsp3) is 0.167. The average molecular weight is 375 g/mol. The number of hydrogen-bond acceptors (Lipinski definition) is 3. The van der Waals surface area contributed by atoms with Crippen LogP contribution in [0.4, 0.5) is 10.1 Å². The Morgan fingerprint density at radius 1 is 1.12 bits per heavy atom. The maximum absolute atomic E-state index is 13.7. The number of fused-ring (bicyclic) bond motifs is 1. The van der Waals surface area contributed by atoms with Crippen LogP contribution >= 0.6 is 0 Å². The second kappa shape index (κ2) is 6.89. The molecule has 8 heteroatoms. The molecule has 0 spiro atoms. The number of hydrogen-bond donors (Lipinski definition) is 3. The van der Waals surface area contributed by atoms with E-state index in [9.17, 15) is 17.6 Å². The van der Waals surface area contributed by atoms with E-state index in [-0.39, 0.29) is 16.6 Å². The number of aromatic amines is 1. The van der Waals surface area contributed by atoms with Gasteiger partial charge in [-0.05, 0) is 56.3 Å². The molecular formula is C18H18FN3O3S. The number of carbonyl (C=O) groups is 1. The predicted molar refractivity (Wildman–Crippen MR) is 98.1 cm³/mol. The lowest BCUT2D eigenvalue weighted by Gasteiger charge is -2.10. The van der Waals surface area contributed by atoms with Crippen LogP contribution < -0.4 is 10.0 Å². The number of nitrogens with one attached hydrogen (secondary N) is 3. The highest BCUT2D eigenvalue weighted by Crippen LogP contribution is 2.20. The minimum atomic E-state index is -3.59. The molecule has 0 aliphatic rings. The zero-order chi connectivity index (χ0) is 18.9. The molecule has 0 saturated carbocycles. The van der Waals surface area contributed by atoms with Crippen LogP contribution in [0.15, 0.2) is 53.4 Å². The lowest BCUT2D eigenvalue weighted by atomic mass is 10.2. The van der Waals surface area contributed by atoms with E-state index in [1.807, 2.05) is 0 Å². The zero-order valence-corrected chi connectivity index (χ0v) is 15.0. The Morgan fingerprint density at radius 2 is 1.81 bits per heavy atom. The van der Waals surface area contributed by atoms with Gasteiger partial charge < -0.3 is 10.3 Å². The molecule has 3 rings (SSSR count). The van der Waals surface area contributed by atoms with Crippen molar-refractivity contribution in [3.63, 3.8) is 0 Å². The molecule has 6 nitrogen and oxygen atoms in total. The van der Waals surface area contributed by atoms with Crippen LogP contribution in [0.1, 0.15) is 24.3 Å². The molecule has 1 heterocycles. The Labute approximate surface area is 150 Å². The highest BCUT2D eigenvalue weighted by Gasteiger charge is 2.16. The third kappa shape index (κ3) is 3.76. The van der Waals surface area contributed by atoms with Gasteiger partial charge in [-0.3, -0.25) is 4.79 Å². The van der Waals surface area contributed by atoms with Gasteiger partial charge in [-0.25, -0.2) is 17.5 Å². The van der Waals surface area contributed by atoms with Crippen LogP contribution in [-0.2, 0) is 10.0 Å². The topological polar surface area (TPSA) is 91.1 Å². The second-order valence-electron chi connectivity index (χ2n) is 6.14. The molecule has 26 heavy (non-hydrogen) atoms. The molecule has 3 aromatic rings. The number of rotatable bonds is 5. The first-order valence-electron chi connectivity index (χ1n) is 7.97. The molecule has 0 saturated heterocycles. The van der Waals surface area contributed by atoms with Gasteiger partial charge in [0.15, 0.2) is 0 Å². The van der Waals surface area contributed by atoms with Gasteiger partial charge in [0.25, 0.3) is 5.91 Å². The average Bonchev–Trinajstić information content (AvgIpc) is 3.00. The zero-order valence-electron chi connectivity index (χ0n) is 14.2. The van der Waals surface area contributed by atoms with E-state index in [2.05, 4.69) is 15.0 Å². The molecule has 0 aliphatic carbocycles. The number of halogens is 1. The number of amides is 1. The van der Waals surface area contributed by atoms with E-state index in [4.69, 9.17) is 0 Å². The summed E-state index contributed by atoms with van der Waals surface area (Å²) in [4.78, 5) is 15.3. The summed E-state index contributed by atoms with van der Waals surface area (Å²) < 4.78 is 40.4. The Hall–Kier alpha value is -2.71. The highest BCUT2D eigenvalue weighted by molar-refractivity contribution is 7.89. The molecule has 1 amide bonds. The first-order valence-corrected chi connectivity index (χ1v) is 9.45. The summed E-state index contributed by atoms with van der Waals surface area (Å²) in [5, 5.41) is 2.98. The van der Waals surface area contributed by atoms with Crippen molar-refractivity contribution in [2.24, 2.45) is 0 Å². The standard InChI is InChI=1S/C18H18FN3O3S/c1-11(2)22-26(24,25)13-8-6-12(7-9-13)20-18(23)17-10-14-15(19)4-3-5-16(14)21-17/h3-11,21-22H,1-2H3,(H,20,23). The lowest BCUT2D eigenvalue weighted by molar-refractivity contribution is 0.102. The molecule has 0 radical (unpaired) electrons. The van der Waals surface area contributed by atoms with Crippen molar-refractivity contribution < 1.29 is 17.6 Å². The van der Waals surface area contributed by atoms with Crippen LogP contribution in [0.25, 0.3) is 10.9 Å². The van der Waals surface area contributed by atoms with E-state index < -0.39 is 21.7 Å². The summed E-state index contributed by atoms with van der Waals surface area (Å²) in [6.45, 7) is 3.46. The molecule has 0 unspecified atom stereocenters. The summed E-state index contributed by atoms with van der Waals surface area (Å²) in [5.74, 6) is -0.860. The number of aromatic nitrogens is 1. The molecular weight excluding hydrogens is 357 g/mol. The van der Waals surface area contributed by atoms with Crippen molar-refractivity contribution in [3.05, 3.63) is 60.0 Å². The minimum Gasteiger partial charge on any atom is -0.350 e. The third-order valence-corrected chi connectivity index (χ3v) is 5.34. The number of sulfonamides is 1. The maximum Gasteiger partial charge on any atom is 0.272 e. The Morgan fingerprint density at radius 3 is 2.42 bits per heavy atom. The number of carbonyl (C=O) groups excluding carboxylic acids is 1. The summed E-state index contributed by atoms with van der Waals surface area (Å²) >= 11 is 0. The van der Waals surface area contributed by atoms with Gasteiger partial charge in [-0.1, -0.05) is 6.07 Å². The Kier molecular flexibility index (Phi) is 4.80. The molecule has 0 bridgehead atoms. The summed E-state index contributed by atoms with van der Waals surface area (Å²) in [6, 6.07) is 11.6. The minimum absolute atomic E-state index is 0.108. The van der Waals surface area contributed by atoms with E-state index in [1.54, 1.807) is 26.0 Å². The fourth-order valence-corrected chi connectivity index (χ4v) is 3.79. The van der Waals surface area contributed by atoms with Crippen LogP contribution in [0.3, 0.4) is 0 Å². The number of anilines is 1. The van der Waals surface area contributed by atoms with Gasteiger partial charge in [0.05, 0.1) is 4.90 Å². The Balaban J connectivity index is 1.78. The predicted octanol–water partition coefficient (Wildman–Crippen LogP) is 3.25. The first kappa shape index (κ1) is 18.1. The molecule has 3 N–H and O–H groups in total. The van der Waals surface area contributed by atoms with E-state index in [0.717, 1.165) is 0 Å². The van der Waals surface area contributed by atoms with Crippen LogP contribution in [0, 0.1) is 5.82 Å². The van der Waals surface area contributed by atoms with Gasteiger partial charge in [0, 0.05) is 22.6 Å². The van der Waals surface area contributed by atoms with Crippen LogP contribution in [0.5, 0.6) is 0 Å². The van der Waals surface area contributed by atoms with Crippen molar-refractivity contribution >= 4 is 32.5 Å². The number of H-pyrrole nitrogens is 1. The van der Waals surface area contributed by atoms with Crippen molar-refractivity contribution in [2.75, 3.05) is 5.32 Å². The van der Waals surface area contributed by atoms with Gasteiger partial charge in [0.1, 0.15) is 11.5 Å². The van der Waals surface area contributed by atoms with Crippen molar-refractivity contribution in [3.8, 4) is 0 Å². The summed E-state index contributed by atoms with van der Waals surface area (Å²) in [5.41, 5.74) is 1.16. The number of benzene rings is 2. The largest absolute Gasteiger partial charge is 0.350 e. The molecule has 2 aromatic carbocycles. The molecule has 0 aliphatic heterocycles. The van der Waals surface area contributed by atoms with E-state index in [0.29, 0.717) is 16.6 Å². The van der Waals surface area contributed by atoms with Crippen molar-refractivity contribution in [2.45, 2.75) is 24.8 Å².